The van der Waals surface area contributed by atoms with E-state index >= 15 is 0 Å². The van der Waals surface area contributed by atoms with Gasteiger partial charge in [0.1, 0.15) is 16.5 Å². The van der Waals surface area contributed by atoms with Gasteiger partial charge in [0.15, 0.2) is 0 Å². The molecular weight excluding hydrogens is 280 g/mol. The summed E-state index contributed by atoms with van der Waals surface area (Å²) in [6.45, 7) is 3.84. The maximum Gasteiger partial charge on any atom is 0.218 e. The molecule has 3 nitrogen and oxygen atoms in total. The Morgan fingerprint density at radius 2 is 1.88 bits per heavy atom. The van der Waals surface area contributed by atoms with E-state index < -0.39 is 0 Å². The van der Waals surface area contributed by atoms with Gasteiger partial charge in [-0.25, -0.2) is 4.98 Å². The first kappa shape index (κ1) is 12.0. The van der Waals surface area contributed by atoms with Gasteiger partial charge in [-0.3, -0.25) is 0 Å². The number of benzene rings is 1. The van der Waals surface area contributed by atoms with Crippen LogP contribution in [0.2, 0.25) is 0 Å². The highest BCUT2D eigenvalue weighted by atomic mass is 79.9. The van der Waals surface area contributed by atoms with Gasteiger partial charge in [-0.15, -0.1) is 0 Å². The third kappa shape index (κ3) is 3.27. The number of ether oxygens (including phenoxy) is 1. The zero-order valence-electron chi connectivity index (χ0n) is 9.72. The molecule has 0 spiro atoms. The normalized spacial score (nSPS) is 12.2. The first-order chi connectivity index (χ1) is 8.15. The average Bonchev–Trinajstić information content (AvgIpc) is 2.28. The van der Waals surface area contributed by atoms with E-state index in [4.69, 9.17) is 4.74 Å². The quantitative estimate of drug-likeness (QED) is 0.810. The van der Waals surface area contributed by atoms with Crippen molar-refractivity contribution in [3.05, 3.63) is 52.4 Å². The summed E-state index contributed by atoms with van der Waals surface area (Å²) in [6, 6.07) is 11.8. The zero-order chi connectivity index (χ0) is 12.3. The molecule has 1 unspecified atom stereocenters. The molecule has 88 valence electrons. The summed E-state index contributed by atoms with van der Waals surface area (Å²) >= 11 is 3.33. The molecule has 0 bridgehead atoms. The minimum absolute atomic E-state index is 0.0302. The summed E-state index contributed by atoms with van der Waals surface area (Å²) in [5.74, 6) is 1.27. The standard InChI is InChI=1S/C13H13BrN2O/c1-9(11-6-4-3-5-7-11)17-13-8-12(14)15-10(2)16-13/h3-9H,1-2H3. The molecule has 1 aromatic carbocycles. The molecule has 0 aliphatic carbocycles. The van der Waals surface area contributed by atoms with Crippen LogP contribution in [-0.2, 0) is 0 Å². The molecule has 0 saturated heterocycles. The number of nitrogens with zero attached hydrogens (tertiary/aromatic N) is 2. The maximum absolute atomic E-state index is 5.78. The summed E-state index contributed by atoms with van der Waals surface area (Å²) in [4.78, 5) is 8.38. The fourth-order valence-electron chi connectivity index (χ4n) is 1.54. The summed E-state index contributed by atoms with van der Waals surface area (Å²) in [6.07, 6.45) is -0.0302. The van der Waals surface area contributed by atoms with Crippen molar-refractivity contribution in [3.63, 3.8) is 0 Å². The minimum atomic E-state index is -0.0302. The first-order valence-corrected chi connectivity index (χ1v) is 6.17. The molecule has 1 heterocycles. The van der Waals surface area contributed by atoms with E-state index in [1.54, 1.807) is 6.07 Å². The van der Waals surface area contributed by atoms with Gasteiger partial charge >= 0.3 is 0 Å². The Morgan fingerprint density at radius 3 is 2.53 bits per heavy atom. The van der Waals surface area contributed by atoms with E-state index in [1.165, 1.54) is 0 Å². The lowest BCUT2D eigenvalue weighted by Gasteiger charge is -2.14. The summed E-state index contributed by atoms with van der Waals surface area (Å²) < 4.78 is 6.52. The Labute approximate surface area is 109 Å². The van der Waals surface area contributed by atoms with Gasteiger partial charge in [0, 0.05) is 6.07 Å². The molecule has 0 fully saturated rings. The third-order valence-corrected chi connectivity index (χ3v) is 2.76. The smallest absolute Gasteiger partial charge is 0.218 e. The van der Waals surface area contributed by atoms with Crippen LogP contribution < -0.4 is 4.74 Å². The molecule has 0 aliphatic rings. The highest BCUT2D eigenvalue weighted by molar-refractivity contribution is 9.10. The van der Waals surface area contributed by atoms with Crippen molar-refractivity contribution >= 4 is 15.9 Å². The molecule has 0 saturated carbocycles. The van der Waals surface area contributed by atoms with Gasteiger partial charge in [0.25, 0.3) is 0 Å². The second-order valence-electron chi connectivity index (χ2n) is 3.75. The van der Waals surface area contributed by atoms with Crippen LogP contribution in [0.1, 0.15) is 24.4 Å². The number of rotatable bonds is 3. The number of hydrogen-bond donors (Lipinski definition) is 0. The molecule has 1 atom stereocenters. The molecule has 2 aromatic rings. The van der Waals surface area contributed by atoms with E-state index in [-0.39, 0.29) is 6.10 Å². The molecular formula is C13H13BrN2O. The monoisotopic (exact) mass is 292 g/mol. The largest absolute Gasteiger partial charge is 0.470 e. The number of aromatic nitrogens is 2. The molecule has 1 aromatic heterocycles. The first-order valence-electron chi connectivity index (χ1n) is 5.38. The number of hydrogen-bond acceptors (Lipinski definition) is 3. The molecule has 0 aliphatic heterocycles. The van der Waals surface area contributed by atoms with Crippen molar-refractivity contribution in [1.82, 2.24) is 9.97 Å². The number of aryl methyl sites for hydroxylation is 1. The van der Waals surface area contributed by atoms with E-state index in [2.05, 4.69) is 25.9 Å². The van der Waals surface area contributed by atoms with Crippen molar-refractivity contribution in [2.24, 2.45) is 0 Å². The minimum Gasteiger partial charge on any atom is -0.470 e. The van der Waals surface area contributed by atoms with Crippen LogP contribution >= 0.6 is 15.9 Å². The van der Waals surface area contributed by atoms with Crippen molar-refractivity contribution in [1.29, 1.82) is 0 Å². The number of halogens is 1. The second kappa shape index (κ2) is 5.27. The topological polar surface area (TPSA) is 35.0 Å². The molecule has 0 N–H and O–H groups in total. The maximum atomic E-state index is 5.78. The van der Waals surface area contributed by atoms with E-state index in [0.717, 1.165) is 10.2 Å². The van der Waals surface area contributed by atoms with Crippen LogP contribution in [0.3, 0.4) is 0 Å². The van der Waals surface area contributed by atoms with Crippen molar-refractivity contribution in [3.8, 4) is 5.88 Å². The predicted molar refractivity (Wildman–Crippen MR) is 70.0 cm³/mol. The van der Waals surface area contributed by atoms with Crippen LogP contribution in [0.4, 0.5) is 0 Å². The Bertz CT molecular complexity index is 482. The zero-order valence-corrected chi connectivity index (χ0v) is 11.3. The highest BCUT2D eigenvalue weighted by Crippen LogP contribution is 2.21. The van der Waals surface area contributed by atoms with Crippen LogP contribution in [0, 0.1) is 6.92 Å². The van der Waals surface area contributed by atoms with Gasteiger partial charge in [-0.2, -0.15) is 4.98 Å². The Hall–Kier alpha value is -1.42. The van der Waals surface area contributed by atoms with E-state index in [0.29, 0.717) is 11.7 Å². The lowest BCUT2D eigenvalue weighted by atomic mass is 10.1. The van der Waals surface area contributed by atoms with E-state index in [9.17, 15) is 0 Å². The molecule has 2 rings (SSSR count). The van der Waals surface area contributed by atoms with Crippen LogP contribution in [0.25, 0.3) is 0 Å². The summed E-state index contributed by atoms with van der Waals surface area (Å²) in [7, 11) is 0. The van der Waals surface area contributed by atoms with Crippen molar-refractivity contribution in [2.75, 3.05) is 0 Å². The van der Waals surface area contributed by atoms with Crippen LogP contribution in [-0.4, -0.2) is 9.97 Å². The fraction of sp³-hybridized carbons (Fsp3) is 0.231. The fourth-order valence-corrected chi connectivity index (χ4v) is 1.99. The van der Waals surface area contributed by atoms with Gasteiger partial charge in [-0.05, 0) is 35.3 Å². The van der Waals surface area contributed by atoms with Gasteiger partial charge in [0.05, 0.1) is 0 Å². The molecule has 0 amide bonds. The Kier molecular flexibility index (Phi) is 3.74. The van der Waals surface area contributed by atoms with Crippen molar-refractivity contribution in [2.45, 2.75) is 20.0 Å². The van der Waals surface area contributed by atoms with E-state index in [1.807, 2.05) is 44.2 Å². The lowest BCUT2D eigenvalue weighted by Crippen LogP contribution is -2.05. The highest BCUT2D eigenvalue weighted by Gasteiger charge is 2.08. The third-order valence-electron chi connectivity index (χ3n) is 2.35. The average molecular weight is 293 g/mol. The van der Waals surface area contributed by atoms with Gasteiger partial charge in [0.2, 0.25) is 5.88 Å². The SMILES string of the molecule is Cc1nc(Br)cc(OC(C)c2ccccc2)n1. The van der Waals surface area contributed by atoms with Crippen LogP contribution in [0.5, 0.6) is 5.88 Å². The molecule has 0 radical (unpaired) electrons. The van der Waals surface area contributed by atoms with Gasteiger partial charge in [-0.1, -0.05) is 30.3 Å². The molecule has 4 heteroatoms. The van der Waals surface area contributed by atoms with Gasteiger partial charge < -0.3 is 4.74 Å². The summed E-state index contributed by atoms with van der Waals surface area (Å²) in [5, 5.41) is 0. The van der Waals surface area contributed by atoms with Crippen molar-refractivity contribution < 1.29 is 4.74 Å². The predicted octanol–water partition coefficient (Wildman–Crippen LogP) is 3.69. The second-order valence-corrected chi connectivity index (χ2v) is 4.56. The summed E-state index contributed by atoms with van der Waals surface area (Å²) in [5.41, 5.74) is 1.12. The van der Waals surface area contributed by atoms with Crippen LogP contribution in [0.15, 0.2) is 41.0 Å². The Morgan fingerprint density at radius 1 is 1.18 bits per heavy atom. The molecule has 17 heavy (non-hydrogen) atoms. The Balaban J connectivity index is 2.16. The lowest BCUT2D eigenvalue weighted by molar-refractivity contribution is 0.216.